The Balaban J connectivity index is 2.99. The van der Waals surface area contributed by atoms with Crippen molar-refractivity contribution in [1.82, 2.24) is 5.32 Å². The number of nitrogens with one attached hydrogen (secondary N) is 2. The molecule has 1 aromatic rings. The monoisotopic (exact) mass is 366 g/mol. The minimum Gasteiger partial charge on any atom is -0.349 e. The van der Waals surface area contributed by atoms with Gasteiger partial charge in [0, 0.05) is 17.3 Å². The molecule has 1 atom stereocenters. The summed E-state index contributed by atoms with van der Waals surface area (Å²) in [6.45, 7) is 9.24. The van der Waals surface area contributed by atoms with Gasteiger partial charge in [0.25, 0.3) is 5.91 Å². The summed E-state index contributed by atoms with van der Waals surface area (Å²) in [6.07, 6.45) is 0. The molecular weight excluding hydrogens is 345 g/mol. The molecule has 0 fully saturated rings. The molecule has 0 radical (unpaired) electrons. The van der Waals surface area contributed by atoms with Gasteiger partial charge in [0.05, 0.1) is 0 Å². The lowest BCUT2D eigenvalue weighted by Crippen LogP contribution is -2.41. The van der Waals surface area contributed by atoms with Gasteiger partial charge < -0.3 is 5.32 Å². The lowest BCUT2D eigenvalue weighted by Gasteiger charge is -2.28. The zero-order chi connectivity index (χ0) is 18.9. The van der Waals surface area contributed by atoms with Crippen LogP contribution in [-0.4, -0.2) is 25.9 Å². The van der Waals surface area contributed by atoms with E-state index in [4.69, 9.17) is 0 Å². The molecular formula is C15H21F3N2O3S. The Kier molecular flexibility index (Phi) is 5.59. The number of hydrogen-bond donors (Lipinski definition) is 2. The maximum Gasteiger partial charge on any atom is 0.516 e. The topological polar surface area (TPSA) is 75.3 Å². The van der Waals surface area contributed by atoms with Crippen LogP contribution in [-0.2, 0) is 10.0 Å². The molecule has 1 aromatic carbocycles. The van der Waals surface area contributed by atoms with Crippen LogP contribution in [0.1, 0.15) is 43.6 Å². The van der Waals surface area contributed by atoms with Crippen molar-refractivity contribution in [2.24, 2.45) is 5.41 Å². The SMILES string of the molecule is Cc1cc(NS(=O)(=O)C(F)(F)F)ccc1C(=O)N[C@H](C)C(C)(C)C. The first-order valence-corrected chi connectivity index (χ1v) is 8.64. The van der Waals surface area contributed by atoms with E-state index in [1.165, 1.54) is 23.8 Å². The molecule has 0 saturated heterocycles. The van der Waals surface area contributed by atoms with Crippen LogP contribution in [0.15, 0.2) is 18.2 Å². The fourth-order valence-corrected chi connectivity index (χ4v) is 2.24. The Morgan fingerprint density at radius 2 is 1.71 bits per heavy atom. The Morgan fingerprint density at radius 1 is 1.17 bits per heavy atom. The highest BCUT2D eigenvalue weighted by Crippen LogP contribution is 2.26. The van der Waals surface area contributed by atoms with Crippen LogP contribution in [0.2, 0.25) is 0 Å². The molecule has 0 aliphatic heterocycles. The number of carbonyl (C=O) groups excluding carboxylic acids is 1. The number of aryl methyl sites for hydroxylation is 1. The lowest BCUT2D eigenvalue weighted by molar-refractivity contribution is -0.0429. The summed E-state index contributed by atoms with van der Waals surface area (Å²) < 4.78 is 60.7. The van der Waals surface area contributed by atoms with Gasteiger partial charge in [0.2, 0.25) is 0 Å². The molecule has 9 heteroatoms. The molecule has 0 aliphatic rings. The average molecular weight is 366 g/mol. The van der Waals surface area contributed by atoms with Crippen LogP contribution in [0, 0.1) is 12.3 Å². The number of halogens is 3. The van der Waals surface area contributed by atoms with Crippen molar-refractivity contribution in [2.75, 3.05) is 4.72 Å². The minimum atomic E-state index is -5.49. The number of carbonyl (C=O) groups is 1. The first-order valence-electron chi connectivity index (χ1n) is 7.16. The van der Waals surface area contributed by atoms with Gasteiger partial charge in [-0.2, -0.15) is 21.6 Å². The standard InChI is InChI=1S/C15H21F3N2O3S/c1-9-8-11(20-24(22,23)15(16,17)18)6-7-12(9)13(21)19-10(2)14(3,4)5/h6-8,10,20H,1-5H3,(H,19,21)/t10-/m1/s1. The van der Waals surface area contributed by atoms with Gasteiger partial charge in [-0.25, -0.2) is 0 Å². The maximum atomic E-state index is 12.4. The van der Waals surface area contributed by atoms with E-state index in [-0.39, 0.29) is 28.6 Å². The third kappa shape index (κ3) is 4.86. The fourth-order valence-electron chi connectivity index (χ4n) is 1.69. The summed E-state index contributed by atoms with van der Waals surface area (Å²) in [7, 11) is -5.49. The van der Waals surface area contributed by atoms with Crippen molar-refractivity contribution in [2.45, 2.75) is 46.2 Å². The lowest BCUT2D eigenvalue weighted by atomic mass is 9.88. The number of rotatable bonds is 4. The molecule has 0 unspecified atom stereocenters. The van der Waals surface area contributed by atoms with Crippen LogP contribution < -0.4 is 10.0 Å². The second kappa shape index (κ2) is 6.62. The summed E-state index contributed by atoms with van der Waals surface area (Å²) in [6, 6.07) is 3.45. The molecule has 136 valence electrons. The Hall–Kier alpha value is -1.77. The highest BCUT2D eigenvalue weighted by atomic mass is 32.2. The highest BCUT2D eigenvalue weighted by molar-refractivity contribution is 7.93. The molecule has 0 saturated carbocycles. The van der Waals surface area contributed by atoms with Gasteiger partial charge in [-0.15, -0.1) is 0 Å². The smallest absolute Gasteiger partial charge is 0.349 e. The van der Waals surface area contributed by atoms with Crippen molar-refractivity contribution < 1.29 is 26.4 Å². The molecule has 2 N–H and O–H groups in total. The van der Waals surface area contributed by atoms with Crippen molar-refractivity contribution in [1.29, 1.82) is 0 Å². The summed E-state index contributed by atoms with van der Waals surface area (Å²) in [5, 5.41) is 2.81. The van der Waals surface area contributed by atoms with Crippen LogP contribution in [0.5, 0.6) is 0 Å². The molecule has 0 bridgehead atoms. The van der Waals surface area contributed by atoms with Gasteiger partial charge in [-0.3, -0.25) is 9.52 Å². The highest BCUT2D eigenvalue weighted by Gasteiger charge is 2.46. The summed E-state index contributed by atoms with van der Waals surface area (Å²) in [4.78, 5) is 12.2. The minimum absolute atomic E-state index is 0.132. The van der Waals surface area contributed by atoms with E-state index in [0.717, 1.165) is 6.07 Å². The Bertz CT molecular complexity index is 722. The van der Waals surface area contributed by atoms with E-state index >= 15 is 0 Å². The number of benzene rings is 1. The van der Waals surface area contributed by atoms with Crippen molar-refractivity contribution in [3.8, 4) is 0 Å². The van der Waals surface area contributed by atoms with Gasteiger partial charge in [-0.05, 0) is 43.0 Å². The van der Waals surface area contributed by atoms with Crippen LogP contribution in [0.4, 0.5) is 18.9 Å². The number of alkyl halides is 3. The summed E-state index contributed by atoms with van der Waals surface area (Å²) in [5.41, 5.74) is -5.20. The molecule has 0 heterocycles. The second-order valence-corrected chi connectivity index (χ2v) is 8.32. The van der Waals surface area contributed by atoms with E-state index in [1.54, 1.807) is 0 Å². The molecule has 0 aliphatic carbocycles. The number of sulfonamides is 1. The quantitative estimate of drug-likeness (QED) is 0.857. The van der Waals surface area contributed by atoms with Gasteiger partial charge in [0.1, 0.15) is 0 Å². The molecule has 1 amide bonds. The third-order valence-corrected chi connectivity index (χ3v) is 4.79. The number of amides is 1. The van der Waals surface area contributed by atoms with Crippen LogP contribution >= 0.6 is 0 Å². The molecule has 24 heavy (non-hydrogen) atoms. The predicted octanol–water partition coefficient (Wildman–Crippen LogP) is 3.42. The first kappa shape index (κ1) is 20.3. The van der Waals surface area contributed by atoms with Crippen molar-refractivity contribution >= 4 is 21.6 Å². The molecule has 1 rings (SSSR count). The fraction of sp³-hybridized carbons (Fsp3) is 0.533. The Morgan fingerprint density at radius 3 is 2.12 bits per heavy atom. The molecule has 5 nitrogen and oxygen atoms in total. The van der Waals surface area contributed by atoms with Gasteiger partial charge in [-0.1, -0.05) is 20.8 Å². The van der Waals surface area contributed by atoms with Gasteiger partial charge in [0.15, 0.2) is 0 Å². The zero-order valence-electron chi connectivity index (χ0n) is 14.1. The summed E-state index contributed by atoms with van der Waals surface area (Å²) in [5.74, 6) is -0.375. The largest absolute Gasteiger partial charge is 0.516 e. The van der Waals surface area contributed by atoms with Gasteiger partial charge >= 0.3 is 15.5 Å². The molecule has 0 spiro atoms. The third-order valence-electron chi connectivity index (χ3n) is 3.67. The average Bonchev–Trinajstić information content (AvgIpc) is 2.35. The van der Waals surface area contributed by atoms with Crippen LogP contribution in [0.25, 0.3) is 0 Å². The second-order valence-electron chi connectivity index (χ2n) is 6.64. The molecule has 0 aromatic heterocycles. The van der Waals surface area contributed by atoms with Crippen molar-refractivity contribution in [3.63, 3.8) is 0 Å². The summed E-state index contributed by atoms with van der Waals surface area (Å²) >= 11 is 0. The van der Waals surface area contributed by atoms with E-state index < -0.39 is 15.5 Å². The van der Waals surface area contributed by atoms with Crippen molar-refractivity contribution in [3.05, 3.63) is 29.3 Å². The maximum absolute atomic E-state index is 12.4. The van der Waals surface area contributed by atoms with E-state index in [9.17, 15) is 26.4 Å². The van der Waals surface area contributed by atoms with E-state index in [1.807, 2.05) is 27.7 Å². The first-order chi connectivity index (χ1) is 10.6. The predicted molar refractivity (Wildman–Crippen MR) is 86.2 cm³/mol. The van der Waals surface area contributed by atoms with E-state index in [0.29, 0.717) is 5.56 Å². The normalized spacial score (nSPS) is 14.2. The number of hydrogen-bond acceptors (Lipinski definition) is 3. The Labute approximate surface area is 139 Å². The van der Waals surface area contributed by atoms with E-state index in [2.05, 4.69) is 5.32 Å². The zero-order valence-corrected chi connectivity index (χ0v) is 14.9. The number of anilines is 1. The van der Waals surface area contributed by atoms with Crippen LogP contribution in [0.3, 0.4) is 0 Å².